The summed E-state index contributed by atoms with van der Waals surface area (Å²) in [5, 5.41) is 11.3. The molecule has 174 valence electrons. The zero-order valence-electron chi connectivity index (χ0n) is 19.8. The predicted octanol–water partition coefficient (Wildman–Crippen LogP) is 5.71. The molecule has 0 spiro atoms. The molecule has 0 radical (unpaired) electrons. The summed E-state index contributed by atoms with van der Waals surface area (Å²) in [5.74, 6) is -0.476. The Bertz CT molecular complexity index is 1060. The summed E-state index contributed by atoms with van der Waals surface area (Å²) in [6, 6.07) is 12.9. The molecule has 0 aromatic heterocycles. The summed E-state index contributed by atoms with van der Waals surface area (Å²) < 4.78 is 5.75. The number of ketones is 1. The SMILES string of the molecule is CCCOc1ccc(/C(O)=C2/C(=O)C(=O)N(C3CCCC3)C2c2ccc(CC)cc2)cc1C. The van der Waals surface area contributed by atoms with Crippen LogP contribution in [0.4, 0.5) is 0 Å². The van der Waals surface area contributed by atoms with Crippen molar-refractivity contribution in [1.29, 1.82) is 0 Å². The Morgan fingerprint density at radius 1 is 1.06 bits per heavy atom. The highest BCUT2D eigenvalue weighted by Crippen LogP contribution is 2.43. The summed E-state index contributed by atoms with van der Waals surface area (Å²) in [6.07, 6.45) is 5.69. The van der Waals surface area contributed by atoms with Crippen molar-refractivity contribution in [3.8, 4) is 5.75 Å². The number of carbonyl (C=O) groups is 2. The number of carbonyl (C=O) groups excluding carboxylic acids is 2. The lowest BCUT2D eigenvalue weighted by Gasteiger charge is -2.31. The van der Waals surface area contributed by atoms with Crippen molar-refractivity contribution in [3.05, 3.63) is 70.3 Å². The third-order valence-electron chi connectivity index (χ3n) is 6.81. The summed E-state index contributed by atoms with van der Waals surface area (Å²) in [6.45, 7) is 6.67. The second-order valence-electron chi connectivity index (χ2n) is 9.07. The number of benzene rings is 2. The molecule has 1 heterocycles. The van der Waals surface area contributed by atoms with Gasteiger partial charge in [0.1, 0.15) is 11.5 Å². The summed E-state index contributed by atoms with van der Waals surface area (Å²) in [4.78, 5) is 28.2. The van der Waals surface area contributed by atoms with Crippen molar-refractivity contribution in [2.45, 2.75) is 71.4 Å². The van der Waals surface area contributed by atoms with E-state index in [4.69, 9.17) is 4.74 Å². The Morgan fingerprint density at radius 3 is 2.36 bits per heavy atom. The number of hydrogen-bond donors (Lipinski definition) is 1. The Hall–Kier alpha value is -3.08. The van der Waals surface area contributed by atoms with Crippen LogP contribution in [0.1, 0.15) is 74.2 Å². The molecule has 1 saturated carbocycles. The van der Waals surface area contributed by atoms with Crippen LogP contribution in [0.25, 0.3) is 5.76 Å². The Kier molecular flexibility index (Phi) is 6.87. The average molecular weight is 448 g/mol. The number of likely N-dealkylation sites (tertiary alicyclic amines) is 1. The van der Waals surface area contributed by atoms with Crippen molar-refractivity contribution < 1.29 is 19.4 Å². The lowest BCUT2D eigenvalue weighted by atomic mass is 9.93. The minimum absolute atomic E-state index is 0.0224. The van der Waals surface area contributed by atoms with Crippen LogP contribution in [0.15, 0.2) is 48.0 Å². The molecular formula is C28H33NO4. The van der Waals surface area contributed by atoms with E-state index in [-0.39, 0.29) is 17.4 Å². The maximum absolute atomic E-state index is 13.3. The minimum Gasteiger partial charge on any atom is -0.507 e. The molecule has 4 rings (SSSR count). The molecule has 1 unspecified atom stereocenters. The average Bonchev–Trinajstić information content (AvgIpc) is 3.44. The Labute approximate surface area is 196 Å². The molecule has 5 heteroatoms. The zero-order chi connectivity index (χ0) is 23.5. The highest BCUT2D eigenvalue weighted by atomic mass is 16.5. The van der Waals surface area contributed by atoms with E-state index < -0.39 is 17.7 Å². The van der Waals surface area contributed by atoms with Gasteiger partial charge < -0.3 is 14.7 Å². The molecule has 1 aliphatic heterocycles. The molecule has 0 bridgehead atoms. The van der Waals surface area contributed by atoms with E-state index in [2.05, 4.69) is 6.92 Å². The Morgan fingerprint density at radius 2 is 1.76 bits per heavy atom. The molecule has 2 fully saturated rings. The summed E-state index contributed by atoms with van der Waals surface area (Å²) in [7, 11) is 0. The number of aryl methyl sites for hydroxylation is 2. The number of nitrogens with zero attached hydrogens (tertiary/aromatic N) is 1. The zero-order valence-corrected chi connectivity index (χ0v) is 19.8. The first-order chi connectivity index (χ1) is 16.0. The molecule has 2 aliphatic rings. The number of rotatable bonds is 7. The number of aliphatic hydroxyl groups is 1. The second-order valence-corrected chi connectivity index (χ2v) is 9.07. The van der Waals surface area contributed by atoms with Crippen molar-refractivity contribution >= 4 is 17.4 Å². The van der Waals surface area contributed by atoms with Gasteiger partial charge in [-0.25, -0.2) is 0 Å². The molecule has 33 heavy (non-hydrogen) atoms. The van der Waals surface area contributed by atoms with E-state index >= 15 is 0 Å². The largest absolute Gasteiger partial charge is 0.507 e. The fourth-order valence-electron chi connectivity index (χ4n) is 5.00. The maximum atomic E-state index is 13.3. The third kappa shape index (κ3) is 4.41. The number of ether oxygens (including phenoxy) is 1. The molecular weight excluding hydrogens is 414 g/mol. The van der Waals surface area contributed by atoms with Gasteiger partial charge in [0, 0.05) is 11.6 Å². The van der Waals surface area contributed by atoms with Crippen LogP contribution in [-0.2, 0) is 16.0 Å². The van der Waals surface area contributed by atoms with Crippen LogP contribution in [-0.4, -0.2) is 34.3 Å². The van der Waals surface area contributed by atoms with E-state index in [1.165, 1.54) is 5.56 Å². The third-order valence-corrected chi connectivity index (χ3v) is 6.81. The fraction of sp³-hybridized carbons (Fsp3) is 0.429. The van der Waals surface area contributed by atoms with E-state index in [9.17, 15) is 14.7 Å². The first kappa shape index (κ1) is 23.1. The first-order valence-corrected chi connectivity index (χ1v) is 12.1. The standard InChI is InChI=1S/C28H33NO4/c1-4-16-33-23-15-14-21(17-18(23)3)26(30)24-25(20-12-10-19(5-2)11-13-20)29(28(32)27(24)31)22-8-6-7-9-22/h10-15,17,22,25,30H,4-9,16H2,1-3H3/b26-24-. The lowest BCUT2D eigenvalue weighted by molar-refractivity contribution is -0.141. The number of Topliss-reactive ketones (excluding diaryl/α,β-unsaturated/α-hetero) is 1. The Balaban J connectivity index is 1.80. The highest BCUT2D eigenvalue weighted by Gasteiger charge is 2.49. The molecule has 2 aromatic rings. The molecule has 2 aromatic carbocycles. The van der Waals surface area contributed by atoms with Crippen LogP contribution in [0, 0.1) is 6.92 Å². The molecule has 1 aliphatic carbocycles. The predicted molar refractivity (Wildman–Crippen MR) is 129 cm³/mol. The van der Waals surface area contributed by atoms with Crippen LogP contribution >= 0.6 is 0 Å². The van der Waals surface area contributed by atoms with Gasteiger partial charge in [0.15, 0.2) is 0 Å². The van der Waals surface area contributed by atoms with Crippen LogP contribution in [0.3, 0.4) is 0 Å². The van der Waals surface area contributed by atoms with Crippen molar-refractivity contribution in [2.24, 2.45) is 0 Å². The van der Waals surface area contributed by atoms with Crippen molar-refractivity contribution in [2.75, 3.05) is 6.61 Å². The van der Waals surface area contributed by atoms with Gasteiger partial charge in [-0.2, -0.15) is 0 Å². The van der Waals surface area contributed by atoms with Gasteiger partial charge in [0.05, 0.1) is 18.2 Å². The van der Waals surface area contributed by atoms with Gasteiger partial charge in [-0.1, -0.05) is 51.0 Å². The molecule has 1 N–H and O–H groups in total. The maximum Gasteiger partial charge on any atom is 0.295 e. The minimum atomic E-state index is -0.604. The highest BCUT2D eigenvalue weighted by molar-refractivity contribution is 6.46. The van der Waals surface area contributed by atoms with Gasteiger partial charge in [-0.3, -0.25) is 9.59 Å². The van der Waals surface area contributed by atoms with Crippen LogP contribution < -0.4 is 4.74 Å². The topological polar surface area (TPSA) is 66.8 Å². The summed E-state index contributed by atoms with van der Waals surface area (Å²) in [5.41, 5.74) is 3.63. The summed E-state index contributed by atoms with van der Waals surface area (Å²) >= 11 is 0. The molecule has 1 saturated heterocycles. The van der Waals surface area contributed by atoms with Gasteiger partial charge in [0.2, 0.25) is 0 Å². The lowest BCUT2D eigenvalue weighted by Crippen LogP contribution is -2.37. The smallest absolute Gasteiger partial charge is 0.295 e. The van der Waals surface area contributed by atoms with E-state index in [1.807, 2.05) is 50.2 Å². The van der Waals surface area contributed by atoms with E-state index in [0.29, 0.717) is 12.2 Å². The fourth-order valence-corrected chi connectivity index (χ4v) is 5.00. The second kappa shape index (κ2) is 9.82. The van der Waals surface area contributed by atoms with Gasteiger partial charge >= 0.3 is 0 Å². The van der Waals surface area contributed by atoms with E-state index in [0.717, 1.165) is 55.4 Å². The number of aliphatic hydroxyl groups excluding tert-OH is 1. The van der Waals surface area contributed by atoms with Crippen molar-refractivity contribution in [3.63, 3.8) is 0 Å². The molecule has 1 atom stereocenters. The van der Waals surface area contributed by atoms with Gasteiger partial charge in [0.25, 0.3) is 11.7 Å². The molecule has 5 nitrogen and oxygen atoms in total. The van der Waals surface area contributed by atoms with Gasteiger partial charge in [-0.15, -0.1) is 0 Å². The monoisotopic (exact) mass is 447 g/mol. The molecule has 1 amide bonds. The van der Waals surface area contributed by atoms with Gasteiger partial charge in [-0.05, 0) is 67.5 Å². The number of amides is 1. The van der Waals surface area contributed by atoms with Crippen molar-refractivity contribution in [1.82, 2.24) is 4.90 Å². The van der Waals surface area contributed by atoms with Crippen LogP contribution in [0.2, 0.25) is 0 Å². The normalized spacial score (nSPS) is 20.6. The van der Waals surface area contributed by atoms with E-state index in [1.54, 1.807) is 11.0 Å². The van der Waals surface area contributed by atoms with Crippen LogP contribution in [0.5, 0.6) is 5.75 Å². The number of hydrogen-bond acceptors (Lipinski definition) is 4. The first-order valence-electron chi connectivity index (χ1n) is 12.1. The quantitative estimate of drug-likeness (QED) is 0.335.